The average Bonchev–Trinajstić information content (AvgIpc) is 0.778. The van der Waals surface area contributed by atoms with Crippen molar-refractivity contribution in [2.75, 3.05) is 26.4 Å². The fourth-order valence-corrected chi connectivity index (χ4v) is 14.0. The Bertz CT molecular complexity index is 2830. The van der Waals surface area contributed by atoms with Gasteiger partial charge < -0.3 is 89.9 Å². The molecular weight excluding hydrogens is 1480 g/mol. The van der Waals surface area contributed by atoms with Gasteiger partial charge in [-0.3, -0.25) is 4.79 Å². The maximum absolute atomic E-state index is 13.5. The van der Waals surface area contributed by atoms with Crippen LogP contribution in [0.5, 0.6) is 0 Å². The Labute approximate surface area is 706 Å². The largest absolute Gasteiger partial charge is 0.394 e. The molecule has 0 radical (unpaired) electrons. The third-order valence-corrected chi connectivity index (χ3v) is 21.2. The number of allylic oxidation sites excluding steroid dienone is 29. The number of unbranched alkanes of at least 4 members (excludes halogenated alkanes) is 27. The highest BCUT2D eigenvalue weighted by atomic mass is 16.8. The summed E-state index contributed by atoms with van der Waals surface area (Å²) in [4.78, 5) is 13.5. The fraction of sp³-hybridized carbons (Fsp3) is 0.684. The van der Waals surface area contributed by atoms with Crippen LogP contribution in [-0.4, -0.2) is 193 Å². The Morgan fingerprint density at radius 2 is 0.598 bits per heavy atom. The van der Waals surface area contributed by atoms with E-state index in [0.717, 1.165) is 128 Å². The first kappa shape index (κ1) is 106. The van der Waals surface area contributed by atoms with E-state index < -0.39 is 131 Å². The van der Waals surface area contributed by atoms with Crippen molar-refractivity contribution < 1.29 is 89.4 Å². The summed E-state index contributed by atoms with van der Waals surface area (Å²) in [6, 6.07) is -1.03. The van der Waals surface area contributed by atoms with Gasteiger partial charge in [0.05, 0.1) is 38.6 Å². The van der Waals surface area contributed by atoms with Gasteiger partial charge >= 0.3 is 0 Å². The standard InChI is InChI=1S/C98H161NO18/c1-3-5-7-9-11-13-15-17-19-21-23-25-27-29-31-33-35-36-37-38-39-40-41-42-43-44-46-48-50-52-54-56-58-60-62-64-66-68-70-72-74-76-86(104)99-81(82(103)75-73-71-69-67-65-63-61-59-57-55-53-51-49-47-45-34-32-30-28-26-24-22-20-18-16-14-12-10-8-6-4-2)80-112-96-92(110)89(107)94(84(78-101)114-96)117-98-93(111)90(108)95(85(79-102)115-98)116-97-91(109)88(106)87(105)83(77-100)113-97/h5,7,11,13,17,19,23,25,29,31,35-36,38-39,41-42,44,46,50,52,56-59,62,64-65,67,73,75,81-85,87-98,100-103,105-111H,3-4,6,8-10,12,14-16,18,20-22,24,26-28,30,32-34,37,40,43,45,47-49,51,53-55,60-61,63,66,68-72,74,76-80H2,1-2H3,(H,99,104)/b7-5-,13-11-,19-17-,25-23-,31-29-,36-35-,39-38-,42-41-,46-44-,52-50-,58-56-,59-57+,64-62-,67-65+,75-73+. The summed E-state index contributed by atoms with van der Waals surface area (Å²) in [5, 5.41) is 121. The Kier molecular flexibility index (Phi) is 67.7. The quantitative estimate of drug-likeness (QED) is 0.0199. The predicted octanol–water partition coefficient (Wildman–Crippen LogP) is 17.8. The summed E-state index contributed by atoms with van der Waals surface area (Å²) in [7, 11) is 0. The number of hydrogen-bond donors (Lipinski definition) is 12. The molecule has 3 aliphatic rings. The predicted molar refractivity (Wildman–Crippen MR) is 475 cm³/mol. The van der Waals surface area contributed by atoms with Crippen molar-refractivity contribution in [3.05, 3.63) is 182 Å². The second kappa shape index (κ2) is 74.7. The van der Waals surface area contributed by atoms with Gasteiger partial charge in [0.15, 0.2) is 18.9 Å². The third kappa shape index (κ3) is 52.7. The van der Waals surface area contributed by atoms with Gasteiger partial charge in [-0.1, -0.05) is 337 Å². The van der Waals surface area contributed by atoms with Crippen LogP contribution in [-0.2, 0) is 33.2 Å². The molecular formula is C98H161NO18. The summed E-state index contributed by atoms with van der Waals surface area (Å²) < 4.78 is 34.5. The van der Waals surface area contributed by atoms with Crippen LogP contribution in [0.1, 0.15) is 296 Å². The number of ether oxygens (including phenoxy) is 6. The second-order valence-electron chi connectivity index (χ2n) is 31.3. The van der Waals surface area contributed by atoms with Crippen LogP contribution in [0.25, 0.3) is 0 Å². The summed E-state index contributed by atoms with van der Waals surface area (Å²) in [5.41, 5.74) is 0. The Morgan fingerprint density at radius 3 is 0.957 bits per heavy atom. The molecule has 12 N–H and O–H groups in total. The van der Waals surface area contributed by atoms with Gasteiger partial charge in [-0.2, -0.15) is 0 Å². The zero-order chi connectivity index (χ0) is 84.5. The number of aliphatic hydroxyl groups excluding tert-OH is 11. The lowest BCUT2D eigenvalue weighted by Gasteiger charge is -2.48. The highest BCUT2D eigenvalue weighted by Crippen LogP contribution is 2.33. The third-order valence-electron chi connectivity index (χ3n) is 21.2. The van der Waals surface area contributed by atoms with Gasteiger partial charge in [0.25, 0.3) is 0 Å². The first-order chi connectivity index (χ1) is 57.3. The minimum atomic E-state index is -2.00. The van der Waals surface area contributed by atoms with Gasteiger partial charge in [-0.15, -0.1) is 0 Å². The van der Waals surface area contributed by atoms with Crippen LogP contribution in [0, 0.1) is 0 Å². The van der Waals surface area contributed by atoms with Crippen LogP contribution in [0.15, 0.2) is 182 Å². The van der Waals surface area contributed by atoms with E-state index in [-0.39, 0.29) is 12.3 Å². The number of rotatable bonds is 71. The lowest BCUT2D eigenvalue weighted by Crippen LogP contribution is -2.66. The second-order valence-corrected chi connectivity index (χ2v) is 31.3. The lowest BCUT2D eigenvalue weighted by atomic mass is 9.96. The molecule has 3 fully saturated rings. The van der Waals surface area contributed by atoms with Gasteiger partial charge in [-0.25, -0.2) is 0 Å². The van der Waals surface area contributed by atoms with Gasteiger partial charge in [0.2, 0.25) is 5.91 Å². The zero-order valence-corrected chi connectivity index (χ0v) is 71.9. The average molecular weight is 1640 g/mol. The Balaban J connectivity index is 1.37. The molecule has 0 spiro atoms. The topological polar surface area (TPSA) is 307 Å². The molecule has 0 aromatic heterocycles. The molecule has 0 aromatic carbocycles. The molecule has 0 aliphatic carbocycles. The highest BCUT2D eigenvalue weighted by Gasteiger charge is 2.54. The molecule has 1 amide bonds. The summed E-state index contributed by atoms with van der Waals surface area (Å²) in [6.45, 7) is 1.59. The molecule has 0 bridgehead atoms. The van der Waals surface area contributed by atoms with E-state index in [9.17, 15) is 61.0 Å². The first-order valence-corrected chi connectivity index (χ1v) is 45.5. The highest BCUT2D eigenvalue weighted by molar-refractivity contribution is 5.76. The van der Waals surface area contributed by atoms with E-state index in [1.54, 1.807) is 6.08 Å². The van der Waals surface area contributed by atoms with Gasteiger partial charge in [0.1, 0.15) is 73.2 Å². The number of nitrogens with one attached hydrogen (secondary N) is 1. The number of amides is 1. The van der Waals surface area contributed by atoms with Crippen molar-refractivity contribution in [2.45, 2.75) is 401 Å². The summed E-state index contributed by atoms with van der Waals surface area (Å²) in [6.07, 6.45) is 87.5. The number of hydrogen-bond acceptors (Lipinski definition) is 18. The molecule has 3 rings (SSSR count). The Hall–Kier alpha value is -5.11. The minimum absolute atomic E-state index is 0.190. The molecule has 19 nitrogen and oxygen atoms in total. The van der Waals surface area contributed by atoms with Crippen molar-refractivity contribution in [3.63, 3.8) is 0 Å². The van der Waals surface area contributed by atoms with Crippen LogP contribution >= 0.6 is 0 Å². The molecule has 666 valence electrons. The van der Waals surface area contributed by atoms with Crippen molar-refractivity contribution in [3.8, 4) is 0 Å². The van der Waals surface area contributed by atoms with Crippen molar-refractivity contribution in [1.29, 1.82) is 0 Å². The summed E-state index contributed by atoms with van der Waals surface area (Å²) in [5.74, 6) is -0.319. The molecule has 17 atom stereocenters. The van der Waals surface area contributed by atoms with Gasteiger partial charge in [-0.05, 0) is 135 Å². The van der Waals surface area contributed by atoms with Crippen molar-refractivity contribution in [2.24, 2.45) is 0 Å². The number of carbonyl (C=O) groups is 1. The van der Waals surface area contributed by atoms with Crippen molar-refractivity contribution >= 4 is 5.91 Å². The Morgan fingerprint density at radius 1 is 0.316 bits per heavy atom. The molecule has 3 saturated heterocycles. The van der Waals surface area contributed by atoms with Gasteiger partial charge in [0, 0.05) is 6.42 Å². The smallest absolute Gasteiger partial charge is 0.220 e. The lowest BCUT2D eigenvalue weighted by molar-refractivity contribution is -0.379. The van der Waals surface area contributed by atoms with Crippen LogP contribution in [0.4, 0.5) is 0 Å². The molecule has 0 aromatic rings. The van der Waals surface area contributed by atoms with Crippen molar-refractivity contribution in [1.82, 2.24) is 5.32 Å². The van der Waals surface area contributed by atoms with E-state index >= 15 is 0 Å². The fourth-order valence-electron chi connectivity index (χ4n) is 14.0. The van der Waals surface area contributed by atoms with E-state index in [2.05, 4.69) is 189 Å². The molecule has 19 heteroatoms. The molecule has 3 heterocycles. The van der Waals surface area contributed by atoms with E-state index in [4.69, 9.17) is 28.4 Å². The van der Waals surface area contributed by atoms with Crippen LogP contribution in [0.3, 0.4) is 0 Å². The number of carbonyl (C=O) groups excluding carboxylic acids is 1. The maximum Gasteiger partial charge on any atom is 0.220 e. The summed E-state index contributed by atoms with van der Waals surface area (Å²) >= 11 is 0. The van der Waals surface area contributed by atoms with Crippen LogP contribution in [0.2, 0.25) is 0 Å². The van der Waals surface area contributed by atoms with E-state index in [1.807, 2.05) is 6.08 Å². The van der Waals surface area contributed by atoms with E-state index in [0.29, 0.717) is 12.8 Å². The molecule has 3 aliphatic heterocycles. The van der Waals surface area contributed by atoms with E-state index in [1.165, 1.54) is 135 Å². The zero-order valence-electron chi connectivity index (χ0n) is 71.9. The first-order valence-electron chi connectivity index (χ1n) is 45.5. The SMILES string of the molecule is CC/C=C\C/C=C\C/C=C\C/C=C\C/C=C\C/C=C\C/C=C\C/C=C\C/C=C\C/C=C\C/C=C\C/C=C\CCCCCCC(=O)NC(COC1OC(CO)C(OC2OC(CO)C(OC3OC(CO)C(O)C(O)C3O)C(O)C2O)C(O)C1O)C(O)/C=C/CC/C=C/CC/C=C/CCCCCCCCCCCCCCCCCCCCCCC. The van der Waals surface area contributed by atoms with Crippen LogP contribution < -0.4 is 5.32 Å². The normalized spacial score (nSPS) is 25.3. The number of aliphatic hydroxyl groups is 11. The molecule has 117 heavy (non-hydrogen) atoms. The molecule has 17 unspecified atom stereocenters. The molecule has 0 saturated carbocycles. The maximum atomic E-state index is 13.5. The minimum Gasteiger partial charge on any atom is -0.394 e. The monoisotopic (exact) mass is 1640 g/mol.